The fourth-order valence-corrected chi connectivity index (χ4v) is 2.53. The van der Waals surface area contributed by atoms with Crippen LogP contribution >= 0.6 is 22.7 Å². The van der Waals surface area contributed by atoms with Gasteiger partial charge in [-0.05, 0) is 29.0 Å². The molecule has 0 fully saturated rings. The van der Waals surface area contributed by atoms with Crippen LogP contribution in [-0.2, 0) is 0 Å². The van der Waals surface area contributed by atoms with Crippen LogP contribution in [0.1, 0.15) is 21.0 Å². The van der Waals surface area contributed by atoms with E-state index in [-0.39, 0.29) is 5.78 Å². The van der Waals surface area contributed by atoms with Crippen molar-refractivity contribution in [2.75, 3.05) is 0 Å². The van der Waals surface area contributed by atoms with Crippen LogP contribution in [-0.4, -0.2) is 5.78 Å². The number of allylic oxidation sites excluding steroid dienone is 1. The Morgan fingerprint density at radius 2 is 2.00 bits per heavy atom. The molecule has 0 saturated heterocycles. The van der Waals surface area contributed by atoms with Crippen LogP contribution in [0.5, 0.6) is 0 Å². The molecule has 15 heavy (non-hydrogen) atoms. The van der Waals surface area contributed by atoms with Crippen molar-refractivity contribution < 1.29 is 4.79 Å². The third kappa shape index (κ3) is 2.88. The maximum absolute atomic E-state index is 11.6. The lowest BCUT2D eigenvalue weighted by Crippen LogP contribution is -1.91. The zero-order valence-electron chi connectivity index (χ0n) is 8.05. The smallest absolute Gasteiger partial charge is 0.176 e. The van der Waals surface area contributed by atoms with Crippen molar-refractivity contribution in [3.05, 3.63) is 50.9 Å². The quantitative estimate of drug-likeness (QED) is 0.728. The summed E-state index contributed by atoms with van der Waals surface area (Å²) < 4.78 is 0. The second-order valence-corrected chi connectivity index (χ2v) is 4.95. The normalized spacial score (nSPS) is 10.9. The Balaban J connectivity index is 1.91. The van der Waals surface area contributed by atoms with Gasteiger partial charge in [0, 0.05) is 11.3 Å². The maximum Gasteiger partial charge on any atom is 0.176 e. The molecule has 0 bridgehead atoms. The van der Waals surface area contributed by atoms with Crippen molar-refractivity contribution in [2.24, 2.45) is 0 Å². The molecule has 0 aliphatic rings. The van der Waals surface area contributed by atoms with Crippen LogP contribution in [0.25, 0.3) is 6.08 Å². The lowest BCUT2D eigenvalue weighted by Gasteiger charge is -1.90. The van der Waals surface area contributed by atoms with Crippen molar-refractivity contribution in [1.82, 2.24) is 0 Å². The van der Waals surface area contributed by atoms with Gasteiger partial charge in [-0.15, -0.1) is 22.7 Å². The van der Waals surface area contributed by atoms with E-state index in [0.29, 0.717) is 6.42 Å². The van der Waals surface area contributed by atoms with Crippen molar-refractivity contribution in [3.8, 4) is 0 Å². The minimum absolute atomic E-state index is 0.192. The molecule has 0 N–H and O–H groups in total. The summed E-state index contributed by atoms with van der Waals surface area (Å²) in [6.07, 6.45) is 4.41. The van der Waals surface area contributed by atoms with Crippen LogP contribution < -0.4 is 0 Å². The number of ketones is 1. The molecule has 0 radical (unpaired) electrons. The topological polar surface area (TPSA) is 17.1 Å². The SMILES string of the molecule is O=C(C/C=C/c1cccs1)c1cccs1. The van der Waals surface area contributed by atoms with Gasteiger partial charge in [-0.2, -0.15) is 0 Å². The number of carbonyl (C=O) groups excluding carboxylic acids is 1. The number of Topliss-reactive ketones (excluding diaryl/α,β-unsaturated/α-hetero) is 1. The van der Waals surface area contributed by atoms with Crippen LogP contribution in [0, 0.1) is 0 Å². The Morgan fingerprint density at radius 1 is 1.20 bits per heavy atom. The van der Waals surface area contributed by atoms with Gasteiger partial charge in [0.25, 0.3) is 0 Å². The minimum Gasteiger partial charge on any atom is -0.293 e. The zero-order chi connectivity index (χ0) is 10.5. The van der Waals surface area contributed by atoms with E-state index in [0.717, 1.165) is 4.88 Å². The fraction of sp³-hybridized carbons (Fsp3) is 0.0833. The summed E-state index contributed by atoms with van der Waals surface area (Å²) in [7, 11) is 0. The summed E-state index contributed by atoms with van der Waals surface area (Å²) in [5.74, 6) is 0.192. The molecule has 0 atom stereocenters. The minimum atomic E-state index is 0.192. The first kappa shape index (κ1) is 10.3. The van der Waals surface area contributed by atoms with Crippen molar-refractivity contribution in [1.29, 1.82) is 0 Å². The highest BCUT2D eigenvalue weighted by atomic mass is 32.1. The molecule has 2 aromatic heterocycles. The van der Waals surface area contributed by atoms with E-state index in [2.05, 4.69) is 0 Å². The number of rotatable bonds is 4. The summed E-state index contributed by atoms with van der Waals surface area (Å²) in [6.45, 7) is 0. The second-order valence-electron chi connectivity index (χ2n) is 3.02. The van der Waals surface area contributed by atoms with Crippen LogP contribution in [0.4, 0.5) is 0 Å². The molecule has 3 heteroatoms. The average Bonchev–Trinajstić information content (AvgIpc) is 2.90. The van der Waals surface area contributed by atoms with E-state index in [1.807, 2.05) is 47.2 Å². The van der Waals surface area contributed by atoms with Gasteiger partial charge in [0.05, 0.1) is 4.88 Å². The van der Waals surface area contributed by atoms with E-state index in [9.17, 15) is 4.79 Å². The van der Waals surface area contributed by atoms with Gasteiger partial charge in [0.1, 0.15) is 0 Å². The summed E-state index contributed by atoms with van der Waals surface area (Å²) in [5, 5.41) is 3.96. The van der Waals surface area contributed by atoms with Crippen LogP contribution in [0.2, 0.25) is 0 Å². The number of carbonyl (C=O) groups is 1. The van der Waals surface area contributed by atoms with E-state index >= 15 is 0 Å². The molecular weight excluding hydrogens is 224 g/mol. The first-order valence-electron chi connectivity index (χ1n) is 4.63. The molecule has 0 saturated carbocycles. The molecule has 0 aromatic carbocycles. The van der Waals surface area contributed by atoms with Gasteiger partial charge in [-0.3, -0.25) is 4.79 Å². The van der Waals surface area contributed by atoms with Gasteiger partial charge >= 0.3 is 0 Å². The number of hydrogen-bond donors (Lipinski definition) is 0. The zero-order valence-corrected chi connectivity index (χ0v) is 9.68. The molecule has 0 unspecified atom stereocenters. The largest absolute Gasteiger partial charge is 0.293 e. The van der Waals surface area contributed by atoms with E-state index < -0.39 is 0 Å². The standard InChI is InChI=1S/C12H10OS2/c13-11(12-7-3-9-15-12)6-1-4-10-5-2-8-14-10/h1-5,7-9H,6H2/b4-1+. The van der Waals surface area contributed by atoms with Crippen molar-refractivity contribution in [2.45, 2.75) is 6.42 Å². The molecule has 0 aliphatic carbocycles. The highest BCUT2D eigenvalue weighted by molar-refractivity contribution is 7.12. The third-order valence-electron chi connectivity index (χ3n) is 1.92. The lowest BCUT2D eigenvalue weighted by molar-refractivity contribution is 0.1000. The van der Waals surface area contributed by atoms with Gasteiger partial charge in [-0.25, -0.2) is 0 Å². The molecule has 2 rings (SSSR count). The summed E-state index contributed by atoms with van der Waals surface area (Å²) in [4.78, 5) is 13.6. The Bertz CT molecular complexity index is 438. The van der Waals surface area contributed by atoms with E-state index in [4.69, 9.17) is 0 Å². The van der Waals surface area contributed by atoms with Gasteiger partial charge in [-0.1, -0.05) is 18.2 Å². The number of thiophene rings is 2. The summed E-state index contributed by atoms with van der Waals surface area (Å²) in [5.41, 5.74) is 0. The Kier molecular flexibility index (Phi) is 3.48. The fourth-order valence-electron chi connectivity index (χ4n) is 1.21. The molecule has 2 aromatic rings. The Hall–Kier alpha value is -1.19. The lowest BCUT2D eigenvalue weighted by atomic mass is 10.2. The average molecular weight is 234 g/mol. The molecule has 2 heterocycles. The first-order valence-corrected chi connectivity index (χ1v) is 6.39. The Labute approximate surface area is 96.7 Å². The van der Waals surface area contributed by atoms with Crippen molar-refractivity contribution >= 4 is 34.5 Å². The summed E-state index contributed by atoms with van der Waals surface area (Å²) in [6, 6.07) is 7.81. The number of hydrogen-bond acceptors (Lipinski definition) is 3. The van der Waals surface area contributed by atoms with Crippen molar-refractivity contribution in [3.63, 3.8) is 0 Å². The maximum atomic E-state index is 11.6. The molecule has 0 amide bonds. The monoisotopic (exact) mass is 234 g/mol. The summed E-state index contributed by atoms with van der Waals surface area (Å²) >= 11 is 3.17. The van der Waals surface area contributed by atoms with Crippen LogP contribution in [0.3, 0.4) is 0 Å². The van der Waals surface area contributed by atoms with E-state index in [1.54, 1.807) is 11.3 Å². The van der Waals surface area contributed by atoms with E-state index in [1.165, 1.54) is 16.2 Å². The molecule has 0 spiro atoms. The molecule has 0 aliphatic heterocycles. The first-order chi connectivity index (χ1) is 7.36. The molecular formula is C12H10OS2. The van der Waals surface area contributed by atoms with Gasteiger partial charge in [0.15, 0.2) is 5.78 Å². The van der Waals surface area contributed by atoms with Crippen LogP contribution in [0.15, 0.2) is 41.1 Å². The third-order valence-corrected chi connectivity index (χ3v) is 3.67. The second kappa shape index (κ2) is 5.05. The van der Waals surface area contributed by atoms with Gasteiger partial charge in [0.2, 0.25) is 0 Å². The predicted octanol–water partition coefficient (Wildman–Crippen LogP) is 4.10. The highest BCUT2D eigenvalue weighted by Crippen LogP contribution is 2.14. The Morgan fingerprint density at radius 3 is 2.67 bits per heavy atom. The molecule has 1 nitrogen and oxygen atoms in total. The van der Waals surface area contributed by atoms with Gasteiger partial charge < -0.3 is 0 Å². The predicted molar refractivity (Wildman–Crippen MR) is 66.6 cm³/mol. The molecule has 76 valence electrons. The highest BCUT2D eigenvalue weighted by Gasteiger charge is 2.03.